The van der Waals surface area contributed by atoms with Crippen molar-refractivity contribution in [2.45, 2.75) is 13.3 Å². The van der Waals surface area contributed by atoms with Crippen molar-refractivity contribution < 1.29 is 14.0 Å². The number of hydrogen-bond donors (Lipinski definition) is 0. The maximum absolute atomic E-state index is 12.9. The van der Waals surface area contributed by atoms with Gasteiger partial charge in [-0.05, 0) is 60.8 Å². The topological polar surface area (TPSA) is 62.9 Å². The van der Waals surface area contributed by atoms with Gasteiger partial charge >= 0.3 is 0 Å². The number of carbonyl (C=O) groups excluding carboxylic acids is 2. The standard InChI is InChI=1S/C23H19ClN2O3/c1-11-2-3-12(8-18(11)24)19-7-4-13(29-19)10-25-26-22(27)20-14-5-6-15(17-9-16(14)17)21(20)23(26)28/h2-8,10,14-17,20-21H,9H2,1H3. The number of benzene rings is 1. The Kier molecular flexibility index (Phi) is 3.52. The van der Waals surface area contributed by atoms with Gasteiger partial charge in [-0.1, -0.05) is 35.9 Å². The Morgan fingerprint density at radius 1 is 1.07 bits per heavy atom. The van der Waals surface area contributed by atoms with Crippen LogP contribution in [-0.2, 0) is 9.59 Å². The van der Waals surface area contributed by atoms with Crippen LogP contribution in [0.4, 0.5) is 0 Å². The van der Waals surface area contributed by atoms with E-state index in [0.717, 1.165) is 22.6 Å². The van der Waals surface area contributed by atoms with E-state index in [0.29, 0.717) is 28.4 Å². The van der Waals surface area contributed by atoms with E-state index in [2.05, 4.69) is 17.3 Å². The molecule has 0 spiro atoms. The van der Waals surface area contributed by atoms with Gasteiger partial charge in [0.1, 0.15) is 11.5 Å². The van der Waals surface area contributed by atoms with Crippen LogP contribution in [0.2, 0.25) is 5.02 Å². The lowest BCUT2D eigenvalue weighted by Gasteiger charge is -2.37. The number of aryl methyl sites for hydroxylation is 1. The summed E-state index contributed by atoms with van der Waals surface area (Å²) in [7, 11) is 0. The lowest BCUT2D eigenvalue weighted by Crippen LogP contribution is -2.40. The Balaban J connectivity index is 1.24. The maximum Gasteiger partial charge on any atom is 0.254 e. The van der Waals surface area contributed by atoms with Crippen molar-refractivity contribution >= 4 is 29.6 Å². The van der Waals surface area contributed by atoms with Gasteiger partial charge in [-0.3, -0.25) is 9.59 Å². The van der Waals surface area contributed by atoms with E-state index in [4.69, 9.17) is 16.0 Å². The zero-order valence-corrected chi connectivity index (χ0v) is 16.5. The van der Waals surface area contributed by atoms with Crippen LogP contribution < -0.4 is 0 Å². The Hall–Kier alpha value is -2.66. The number of nitrogens with zero attached hydrogens (tertiary/aromatic N) is 2. The Morgan fingerprint density at radius 3 is 2.41 bits per heavy atom. The highest BCUT2D eigenvalue weighted by atomic mass is 35.5. The number of rotatable bonds is 3. The van der Waals surface area contributed by atoms with Crippen molar-refractivity contribution in [3.63, 3.8) is 0 Å². The third kappa shape index (κ3) is 2.43. The van der Waals surface area contributed by atoms with Crippen molar-refractivity contribution in [2.75, 3.05) is 0 Å². The molecule has 6 unspecified atom stereocenters. The second-order valence-electron chi connectivity index (χ2n) is 8.55. The smallest absolute Gasteiger partial charge is 0.254 e. The molecule has 5 aliphatic rings. The quantitative estimate of drug-likeness (QED) is 0.434. The second kappa shape index (κ2) is 5.92. The first-order valence-corrected chi connectivity index (χ1v) is 10.4. The predicted molar refractivity (Wildman–Crippen MR) is 108 cm³/mol. The molecule has 3 fully saturated rings. The Morgan fingerprint density at radius 2 is 1.76 bits per heavy atom. The van der Waals surface area contributed by atoms with Gasteiger partial charge in [-0.25, -0.2) is 0 Å². The van der Waals surface area contributed by atoms with Crippen LogP contribution in [0.1, 0.15) is 17.7 Å². The molecule has 2 heterocycles. The minimum absolute atomic E-state index is 0.168. The van der Waals surface area contributed by atoms with Crippen molar-refractivity contribution in [1.82, 2.24) is 5.01 Å². The fourth-order valence-electron chi connectivity index (χ4n) is 5.49. The normalized spacial score (nSPS) is 34.2. The molecule has 0 N–H and O–H groups in total. The molecule has 4 aliphatic carbocycles. The molecule has 2 aromatic rings. The lowest BCUT2D eigenvalue weighted by atomic mass is 9.63. The summed E-state index contributed by atoms with van der Waals surface area (Å²) in [5.74, 6) is 1.90. The van der Waals surface area contributed by atoms with Gasteiger partial charge in [0, 0.05) is 10.6 Å². The molecule has 29 heavy (non-hydrogen) atoms. The molecular weight excluding hydrogens is 388 g/mol. The van der Waals surface area contributed by atoms with Gasteiger partial charge in [-0.2, -0.15) is 10.1 Å². The van der Waals surface area contributed by atoms with E-state index in [9.17, 15) is 9.59 Å². The second-order valence-corrected chi connectivity index (χ2v) is 8.96. The van der Waals surface area contributed by atoms with Crippen LogP contribution in [0.25, 0.3) is 11.3 Å². The van der Waals surface area contributed by atoms with Crippen LogP contribution in [0.5, 0.6) is 0 Å². The molecule has 2 amide bonds. The highest BCUT2D eigenvalue weighted by Gasteiger charge is 2.67. The third-order valence-corrected chi connectivity index (χ3v) is 7.43. The summed E-state index contributed by atoms with van der Waals surface area (Å²) < 4.78 is 5.82. The third-order valence-electron chi connectivity index (χ3n) is 7.02. The molecule has 0 radical (unpaired) electrons. The molecule has 2 saturated carbocycles. The first-order valence-electron chi connectivity index (χ1n) is 9.99. The van der Waals surface area contributed by atoms with Crippen LogP contribution >= 0.6 is 11.6 Å². The average molecular weight is 407 g/mol. The number of hydrogen-bond acceptors (Lipinski definition) is 4. The molecule has 5 nitrogen and oxygen atoms in total. The lowest BCUT2D eigenvalue weighted by molar-refractivity contribution is -0.140. The Bertz CT molecular complexity index is 1080. The van der Waals surface area contributed by atoms with E-state index in [1.54, 1.807) is 6.07 Å². The number of halogens is 1. The van der Waals surface area contributed by atoms with Crippen LogP contribution in [0.15, 0.2) is 52.0 Å². The number of imide groups is 1. The summed E-state index contributed by atoms with van der Waals surface area (Å²) >= 11 is 6.20. The van der Waals surface area contributed by atoms with Crippen LogP contribution in [0.3, 0.4) is 0 Å². The molecule has 6 atom stereocenters. The number of hydrazone groups is 1. The molecule has 146 valence electrons. The summed E-state index contributed by atoms with van der Waals surface area (Å²) in [6.07, 6.45) is 6.91. The van der Waals surface area contributed by atoms with Gasteiger partial charge in [0.25, 0.3) is 11.8 Å². The molecule has 1 aromatic heterocycles. The van der Waals surface area contributed by atoms with Crippen LogP contribution in [-0.4, -0.2) is 23.0 Å². The van der Waals surface area contributed by atoms with E-state index in [1.165, 1.54) is 6.21 Å². The molecular formula is C23H19ClN2O3. The van der Waals surface area contributed by atoms with Crippen molar-refractivity contribution in [3.05, 3.63) is 58.8 Å². The predicted octanol–water partition coefficient (Wildman–Crippen LogP) is 4.30. The number of allylic oxidation sites excluding steroid dienone is 2. The first kappa shape index (κ1) is 17.2. The van der Waals surface area contributed by atoms with Gasteiger partial charge in [-0.15, -0.1) is 0 Å². The Labute approximate surface area is 173 Å². The molecule has 1 aliphatic heterocycles. The monoisotopic (exact) mass is 406 g/mol. The summed E-state index contributed by atoms with van der Waals surface area (Å²) in [6, 6.07) is 9.32. The maximum atomic E-state index is 12.9. The highest BCUT2D eigenvalue weighted by molar-refractivity contribution is 6.31. The summed E-state index contributed by atoms with van der Waals surface area (Å²) in [5, 5.41) is 5.96. The largest absolute Gasteiger partial charge is 0.455 e. The first-order chi connectivity index (χ1) is 14.0. The fraction of sp³-hybridized carbons (Fsp3) is 0.348. The summed E-state index contributed by atoms with van der Waals surface area (Å²) in [4.78, 5) is 25.9. The molecule has 6 heteroatoms. The van der Waals surface area contributed by atoms with Gasteiger partial charge < -0.3 is 4.42 Å². The summed E-state index contributed by atoms with van der Waals surface area (Å²) in [6.45, 7) is 1.94. The van der Waals surface area contributed by atoms with Crippen molar-refractivity contribution in [2.24, 2.45) is 40.6 Å². The van der Waals surface area contributed by atoms with Gasteiger partial charge in [0.05, 0.1) is 18.1 Å². The SMILES string of the molecule is Cc1ccc(-c2ccc(C=NN3C(=O)C4C5C=CC(C6CC56)C4C3=O)o2)cc1Cl. The van der Waals surface area contributed by atoms with Gasteiger partial charge in [0.15, 0.2) is 0 Å². The summed E-state index contributed by atoms with van der Waals surface area (Å²) in [5.41, 5.74) is 1.86. The molecule has 2 bridgehead atoms. The van der Waals surface area contributed by atoms with E-state index in [1.807, 2.05) is 31.2 Å². The number of carbonyl (C=O) groups is 2. The fourth-order valence-corrected chi connectivity index (χ4v) is 5.67. The van der Waals surface area contributed by atoms with Crippen molar-refractivity contribution in [3.8, 4) is 11.3 Å². The minimum Gasteiger partial charge on any atom is -0.455 e. The average Bonchev–Trinajstić information content (AvgIpc) is 3.36. The van der Waals surface area contributed by atoms with E-state index >= 15 is 0 Å². The molecule has 7 rings (SSSR count). The highest BCUT2D eigenvalue weighted by Crippen LogP contribution is 2.65. The molecule has 1 aromatic carbocycles. The van der Waals surface area contributed by atoms with E-state index < -0.39 is 0 Å². The zero-order chi connectivity index (χ0) is 19.9. The minimum atomic E-state index is -0.236. The van der Waals surface area contributed by atoms with E-state index in [-0.39, 0.29) is 35.5 Å². The zero-order valence-electron chi connectivity index (χ0n) is 15.8. The molecule has 1 saturated heterocycles. The van der Waals surface area contributed by atoms with Crippen molar-refractivity contribution in [1.29, 1.82) is 0 Å². The van der Waals surface area contributed by atoms with Crippen LogP contribution in [0, 0.1) is 42.4 Å². The van der Waals surface area contributed by atoms with Gasteiger partial charge in [0.2, 0.25) is 0 Å². The number of amides is 2. The number of furan rings is 1.